The Hall–Kier alpha value is -3.98. The van der Waals surface area contributed by atoms with E-state index in [0.29, 0.717) is 22.6 Å². The zero-order valence-electron chi connectivity index (χ0n) is 20.1. The number of hydrogen-bond donors (Lipinski definition) is 2. The molecule has 0 heterocycles. The highest BCUT2D eigenvalue weighted by molar-refractivity contribution is 7.92. The molecule has 3 rings (SSSR count). The van der Waals surface area contributed by atoms with Crippen LogP contribution in [-0.2, 0) is 19.6 Å². The first-order chi connectivity index (χ1) is 16.6. The van der Waals surface area contributed by atoms with Crippen LogP contribution in [0.15, 0.2) is 82.8 Å². The van der Waals surface area contributed by atoms with Gasteiger partial charge in [-0.3, -0.25) is 13.9 Å². The largest absolute Gasteiger partial charge is 0.326 e. The molecule has 0 atom stereocenters. The van der Waals surface area contributed by atoms with Crippen LogP contribution in [0.25, 0.3) is 0 Å². The molecule has 3 aromatic carbocycles. The molecule has 0 unspecified atom stereocenters. The quantitative estimate of drug-likeness (QED) is 0.366. The minimum absolute atomic E-state index is 0.0854. The van der Waals surface area contributed by atoms with E-state index in [1.807, 2.05) is 13.0 Å². The molecule has 0 aromatic heterocycles. The molecule has 0 spiro atoms. The number of nitrogens with zero attached hydrogens (tertiary/aromatic N) is 2. The van der Waals surface area contributed by atoms with Crippen LogP contribution in [0.3, 0.4) is 0 Å². The van der Waals surface area contributed by atoms with Crippen LogP contribution in [-0.4, -0.2) is 32.5 Å². The van der Waals surface area contributed by atoms with Crippen molar-refractivity contribution in [3.63, 3.8) is 0 Å². The lowest BCUT2D eigenvalue weighted by Crippen LogP contribution is -2.40. The van der Waals surface area contributed by atoms with Crippen LogP contribution < -0.4 is 15.0 Å². The van der Waals surface area contributed by atoms with Crippen LogP contribution in [0, 0.1) is 13.8 Å². The van der Waals surface area contributed by atoms with Gasteiger partial charge in [0, 0.05) is 12.6 Å². The van der Waals surface area contributed by atoms with Gasteiger partial charge in [-0.1, -0.05) is 48.0 Å². The fourth-order valence-corrected chi connectivity index (χ4v) is 5.01. The van der Waals surface area contributed by atoms with Crippen LogP contribution in [0.2, 0.25) is 0 Å². The zero-order chi connectivity index (χ0) is 25.6. The lowest BCUT2D eigenvalue weighted by atomic mass is 10.1. The van der Waals surface area contributed by atoms with Gasteiger partial charge in [0.2, 0.25) is 5.91 Å². The Balaban J connectivity index is 1.86. The summed E-state index contributed by atoms with van der Waals surface area (Å²) in [6, 6.07) is 20.4. The van der Waals surface area contributed by atoms with Crippen molar-refractivity contribution in [2.45, 2.75) is 32.6 Å². The van der Waals surface area contributed by atoms with Crippen molar-refractivity contribution in [1.82, 2.24) is 5.43 Å². The highest BCUT2D eigenvalue weighted by atomic mass is 32.2. The number of carbonyl (C=O) groups excluding carboxylic acids is 2. The molecule has 0 aliphatic heterocycles. The summed E-state index contributed by atoms with van der Waals surface area (Å²) in [7, 11) is -4.01. The predicted octanol–water partition coefficient (Wildman–Crippen LogP) is 4.00. The second-order valence-electron chi connectivity index (χ2n) is 8.11. The second-order valence-corrected chi connectivity index (χ2v) is 9.97. The van der Waals surface area contributed by atoms with Gasteiger partial charge < -0.3 is 5.32 Å². The number of hydrazone groups is 1. The minimum atomic E-state index is -4.01. The van der Waals surface area contributed by atoms with Gasteiger partial charge in [-0.15, -0.1) is 0 Å². The smallest absolute Gasteiger partial charge is 0.264 e. The summed E-state index contributed by atoms with van der Waals surface area (Å²) < 4.78 is 28.0. The van der Waals surface area contributed by atoms with Crippen molar-refractivity contribution in [3.05, 3.63) is 89.5 Å². The first-order valence-corrected chi connectivity index (χ1v) is 12.4. The van der Waals surface area contributed by atoms with Gasteiger partial charge in [-0.2, -0.15) is 5.10 Å². The Morgan fingerprint density at radius 2 is 1.63 bits per heavy atom. The topological polar surface area (TPSA) is 108 Å². The molecule has 2 amide bonds. The average Bonchev–Trinajstić information content (AvgIpc) is 2.81. The molecule has 0 saturated heterocycles. The number of rotatable bonds is 8. The maximum absolute atomic E-state index is 13.5. The van der Waals surface area contributed by atoms with Crippen molar-refractivity contribution in [3.8, 4) is 0 Å². The lowest BCUT2D eigenvalue weighted by molar-refractivity contribution is -0.119. The molecular weight excluding hydrogens is 464 g/mol. The summed E-state index contributed by atoms with van der Waals surface area (Å²) in [6.45, 7) is 6.38. The first kappa shape index (κ1) is 25.6. The van der Waals surface area contributed by atoms with Gasteiger partial charge in [-0.05, 0) is 62.2 Å². The lowest BCUT2D eigenvalue weighted by Gasteiger charge is -2.25. The molecule has 0 radical (unpaired) electrons. The van der Waals surface area contributed by atoms with E-state index in [2.05, 4.69) is 15.8 Å². The number of benzene rings is 3. The molecule has 2 N–H and O–H groups in total. The highest BCUT2D eigenvalue weighted by Gasteiger charge is 2.28. The van der Waals surface area contributed by atoms with Crippen molar-refractivity contribution in [1.29, 1.82) is 0 Å². The predicted molar refractivity (Wildman–Crippen MR) is 138 cm³/mol. The van der Waals surface area contributed by atoms with Crippen LogP contribution in [0.5, 0.6) is 0 Å². The number of amides is 2. The maximum atomic E-state index is 13.5. The molecule has 0 fully saturated rings. The number of anilines is 2. The van der Waals surface area contributed by atoms with Crippen LogP contribution in [0.4, 0.5) is 11.4 Å². The summed E-state index contributed by atoms with van der Waals surface area (Å²) in [4.78, 5) is 24.2. The molecule has 0 aliphatic carbocycles. The third kappa shape index (κ3) is 6.54. The Kier molecular flexibility index (Phi) is 8.03. The SMILES string of the molecule is CC(=O)Nc1cccc(/C(C)=N/NC(=O)CN(c2ccc(C)cc2C)S(=O)(=O)c2ccccc2)c1. The summed E-state index contributed by atoms with van der Waals surface area (Å²) in [5, 5.41) is 6.83. The van der Waals surface area contributed by atoms with Crippen molar-refractivity contribution < 1.29 is 18.0 Å². The molecule has 182 valence electrons. The monoisotopic (exact) mass is 492 g/mol. The fraction of sp³-hybridized carbons (Fsp3) is 0.192. The summed E-state index contributed by atoms with van der Waals surface area (Å²) >= 11 is 0. The molecule has 0 bridgehead atoms. The fourth-order valence-electron chi connectivity index (χ4n) is 3.51. The number of hydrogen-bond acceptors (Lipinski definition) is 5. The normalized spacial score (nSPS) is 11.6. The van der Waals surface area contributed by atoms with E-state index >= 15 is 0 Å². The average molecular weight is 493 g/mol. The Morgan fingerprint density at radius 3 is 2.29 bits per heavy atom. The van der Waals surface area contributed by atoms with E-state index in [1.165, 1.54) is 19.1 Å². The standard InChI is InChI=1S/C26H28N4O4S/c1-18-13-14-25(19(2)15-18)30(35(33,34)24-11-6-5-7-12-24)17-26(32)29-28-20(3)22-9-8-10-23(16-22)27-21(4)31/h5-16H,17H2,1-4H3,(H,27,31)(H,29,32)/b28-20+. The molecular formula is C26H28N4O4S. The van der Waals surface area contributed by atoms with E-state index in [4.69, 9.17) is 0 Å². The Labute approximate surface area is 205 Å². The zero-order valence-corrected chi connectivity index (χ0v) is 20.9. The first-order valence-electron chi connectivity index (χ1n) is 10.9. The van der Waals surface area contributed by atoms with Gasteiger partial charge in [0.25, 0.3) is 15.9 Å². The number of sulfonamides is 1. The van der Waals surface area contributed by atoms with E-state index in [-0.39, 0.29) is 10.8 Å². The molecule has 35 heavy (non-hydrogen) atoms. The van der Waals surface area contributed by atoms with E-state index in [0.717, 1.165) is 15.4 Å². The van der Waals surface area contributed by atoms with Crippen molar-refractivity contribution in [2.75, 3.05) is 16.2 Å². The Bertz CT molecular complexity index is 1370. The summed E-state index contributed by atoms with van der Waals surface area (Å²) in [5.74, 6) is -0.794. The van der Waals surface area contributed by atoms with Crippen molar-refractivity contribution in [2.24, 2.45) is 5.10 Å². The second kappa shape index (κ2) is 11.0. The van der Waals surface area contributed by atoms with Gasteiger partial charge in [0.1, 0.15) is 6.54 Å². The number of nitrogens with one attached hydrogen (secondary N) is 2. The molecule has 0 aliphatic rings. The van der Waals surface area contributed by atoms with Gasteiger partial charge in [-0.25, -0.2) is 13.8 Å². The third-order valence-corrected chi connectivity index (χ3v) is 6.96. The van der Waals surface area contributed by atoms with Crippen LogP contribution >= 0.6 is 0 Å². The maximum Gasteiger partial charge on any atom is 0.264 e. The Morgan fingerprint density at radius 1 is 0.914 bits per heavy atom. The van der Waals surface area contributed by atoms with Crippen molar-refractivity contribution >= 4 is 38.9 Å². The molecule has 9 heteroatoms. The number of carbonyl (C=O) groups is 2. The summed E-state index contributed by atoms with van der Waals surface area (Å²) in [6.07, 6.45) is 0. The number of aryl methyl sites for hydroxylation is 2. The van der Waals surface area contributed by atoms with E-state index < -0.39 is 22.5 Å². The molecule has 0 saturated carbocycles. The molecule has 3 aromatic rings. The minimum Gasteiger partial charge on any atom is -0.326 e. The molecule has 8 nitrogen and oxygen atoms in total. The highest BCUT2D eigenvalue weighted by Crippen LogP contribution is 2.27. The van der Waals surface area contributed by atoms with Gasteiger partial charge in [0.05, 0.1) is 16.3 Å². The van der Waals surface area contributed by atoms with E-state index in [9.17, 15) is 18.0 Å². The van der Waals surface area contributed by atoms with Gasteiger partial charge in [0.15, 0.2) is 0 Å². The van der Waals surface area contributed by atoms with Crippen LogP contribution in [0.1, 0.15) is 30.5 Å². The van der Waals surface area contributed by atoms with E-state index in [1.54, 1.807) is 68.4 Å². The van der Waals surface area contributed by atoms with Gasteiger partial charge >= 0.3 is 0 Å². The third-order valence-electron chi connectivity index (χ3n) is 5.19. The summed E-state index contributed by atoms with van der Waals surface area (Å²) in [5.41, 5.74) is 6.37.